The van der Waals surface area contributed by atoms with Gasteiger partial charge in [0.15, 0.2) is 0 Å². The fourth-order valence-electron chi connectivity index (χ4n) is 5.54. The maximum Gasteiger partial charge on any atom is 0.253 e. The molecule has 4 N–H and O–H groups in total. The molecule has 42 heavy (non-hydrogen) atoms. The second kappa shape index (κ2) is 13.7. The second-order valence-electron chi connectivity index (χ2n) is 13.8. The van der Waals surface area contributed by atoms with Crippen molar-refractivity contribution in [3.8, 4) is 5.75 Å². The van der Waals surface area contributed by atoms with Crippen molar-refractivity contribution in [3.63, 3.8) is 0 Å². The molecule has 2 aliphatic rings. The van der Waals surface area contributed by atoms with Gasteiger partial charge in [-0.2, -0.15) is 0 Å². The molecule has 0 aliphatic carbocycles. The zero-order chi connectivity index (χ0) is 29.9. The van der Waals surface area contributed by atoms with Crippen LogP contribution in [0.2, 0.25) is 0 Å². The quantitative estimate of drug-likeness (QED) is 0.144. The third-order valence-electron chi connectivity index (χ3n) is 7.49. The summed E-state index contributed by atoms with van der Waals surface area (Å²) in [7, 11) is 0. The van der Waals surface area contributed by atoms with Gasteiger partial charge in [-0.3, -0.25) is 24.2 Å². The van der Waals surface area contributed by atoms with Crippen LogP contribution in [0.1, 0.15) is 78.4 Å². The van der Waals surface area contributed by atoms with Gasteiger partial charge in [0.05, 0.1) is 5.52 Å². The summed E-state index contributed by atoms with van der Waals surface area (Å²) in [6.45, 7) is 17.0. The van der Waals surface area contributed by atoms with Crippen LogP contribution in [0.25, 0.3) is 10.9 Å². The van der Waals surface area contributed by atoms with Gasteiger partial charge in [-0.25, -0.2) is 0 Å². The Bertz CT molecular complexity index is 1300. The molecule has 2 aromatic rings. The lowest BCUT2D eigenvalue weighted by Crippen LogP contribution is -2.50. The number of imide groups is 1. The number of rotatable bonds is 12. The SMILES string of the molecule is CC(C)(C)Cc1c([SH+]C(C)(C)C)[nH]c2c(CN3CC(CNC(=O)CCCCCN4C(=O)C=CC4=O)C3)c(O)ccc12.[OH-]. The molecule has 9 nitrogen and oxygen atoms in total. The van der Waals surface area contributed by atoms with Crippen LogP contribution in [0.3, 0.4) is 0 Å². The number of thiol groups is 1. The van der Waals surface area contributed by atoms with Gasteiger partial charge in [-0.05, 0) is 57.6 Å². The molecule has 10 heteroatoms. The van der Waals surface area contributed by atoms with Gasteiger partial charge < -0.3 is 20.9 Å². The van der Waals surface area contributed by atoms with Gasteiger partial charge >= 0.3 is 0 Å². The molecule has 0 unspecified atom stereocenters. The van der Waals surface area contributed by atoms with Crippen molar-refractivity contribution < 1.29 is 25.0 Å². The van der Waals surface area contributed by atoms with Crippen LogP contribution >= 0.6 is 0 Å². The average Bonchev–Trinajstić information content (AvgIpc) is 3.32. The number of unbranched alkanes of at least 4 members (excludes halogenated alkanes) is 2. The zero-order valence-electron chi connectivity index (χ0n) is 25.9. The van der Waals surface area contributed by atoms with E-state index in [4.69, 9.17) is 0 Å². The summed E-state index contributed by atoms with van der Waals surface area (Å²) in [6, 6.07) is 3.90. The molecule has 0 atom stereocenters. The number of phenols is 1. The minimum Gasteiger partial charge on any atom is -0.870 e. The third-order valence-corrected chi connectivity index (χ3v) is 8.76. The number of aromatic nitrogens is 1. The molecule has 0 saturated carbocycles. The number of nitrogens with zero attached hydrogens (tertiary/aromatic N) is 2. The number of H-pyrrole nitrogens is 1. The lowest BCUT2D eigenvalue weighted by atomic mass is 9.87. The summed E-state index contributed by atoms with van der Waals surface area (Å²) in [4.78, 5) is 42.8. The van der Waals surface area contributed by atoms with Crippen molar-refractivity contribution in [1.29, 1.82) is 0 Å². The maximum absolute atomic E-state index is 12.3. The van der Waals surface area contributed by atoms with Gasteiger partial charge in [0, 0.05) is 85.5 Å². The normalized spacial score (nSPS) is 16.3. The predicted octanol–water partition coefficient (Wildman–Crippen LogP) is 4.29. The summed E-state index contributed by atoms with van der Waals surface area (Å²) >= 11 is 1.25. The van der Waals surface area contributed by atoms with Crippen LogP contribution in [-0.4, -0.2) is 74.0 Å². The lowest BCUT2D eigenvalue weighted by molar-refractivity contribution is -0.137. The number of benzene rings is 1. The Balaban J connectivity index is 0.00000484. The number of nitrogens with one attached hydrogen (secondary N) is 2. The summed E-state index contributed by atoms with van der Waals surface area (Å²) < 4.78 is 0.122. The summed E-state index contributed by atoms with van der Waals surface area (Å²) in [6.07, 6.45) is 6.26. The Kier molecular flexibility index (Phi) is 10.9. The molecule has 1 aromatic heterocycles. The second-order valence-corrected chi connectivity index (χ2v) is 15.8. The molecule has 232 valence electrons. The highest BCUT2D eigenvalue weighted by Crippen LogP contribution is 2.37. The average molecular weight is 601 g/mol. The van der Waals surface area contributed by atoms with Gasteiger partial charge in [-0.15, -0.1) is 0 Å². The Morgan fingerprint density at radius 2 is 1.69 bits per heavy atom. The Morgan fingerprint density at radius 3 is 2.31 bits per heavy atom. The minimum absolute atomic E-state index is 0. The smallest absolute Gasteiger partial charge is 0.253 e. The van der Waals surface area contributed by atoms with Crippen LogP contribution < -0.4 is 5.32 Å². The van der Waals surface area contributed by atoms with Gasteiger partial charge in [0.1, 0.15) is 10.5 Å². The molecule has 3 heterocycles. The molecule has 1 aromatic carbocycles. The highest BCUT2D eigenvalue weighted by Gasteiger charge is 2.32. The first-order valence-electron chi connectivity index (χ1n) is 14.8. The molecule has 3 amide bonds. The van der Waals surface area contributed by atoms with E-state index in [1.165, 1.54) is 44.8 Å². The fraction of sp³-hybridized carbons (Fsp3) is 0.594. The molecule has 0 radical (unpaired) electrons. The molecule has 0 spiro atoms. The molecule has 1 fully saturated rings. The van der Waals surface area contributed by atoms with Crippen LogP contribution in [-0.2, 0) is 39.1 Å². The number of hydrogen-bond donors (Lipinski definition) is 3. The van der Waals surface area contributed by atoms with E-state index >= 15 is 0 Å². The summed E-state index contributed by atoms with van der Waals surface area (Å²) in [5.74, 6) is 0.264. The summed E-state index contributed by atoms with van der Waals surface area (Å²) in [5, 5.41) is 16.4. The number of hydrogen-bond acceptors (Lipinski definition) is 6. The van der Waals surface area contributed by atoms with E-state index in [0.717, 1.165) is 43.4 Å². The van der Waals surface area contributed by atoms with Crippen molar-refractivity contribution in [2.75, 3.05) is 26.2 Å². The molecule has 1 saturated heterocycles. The Hall–Kier alpha value is -2.82. The molecular weight excluding hydrogens is 552 g/mol. The third kappa shape index (κ3) is 8.84. The van der Waals surface area contributed by atoms with E-state index in [0.29, 0.717) is 44.1 Å². The number of aromatic hydroxyl groups is 1. The largest absolute Gasteiger partial charge is 0.870 e. The number of fused-ring (bicyclic) bond motifs is 1. The topological polar surface area (TPSA) is 136 Å². The van der Waals surface area contributed by atoms with Crippen molar-refractivity contribution >= 4 is 40.4 Å². The highest BCUT2D eigenvalue weighted by atomic mass is 32.2. The van der Waals surface area contributed by atoms with E-state index in [1.807, 2.05) is 6.07 Å². The number of amides is 3. The van der Waals surface area contributed by atoms with Gasteiger partial charge in [-0.1, -0.05) is 27.2 Å². The van der Waals surface area contributed by atoms with Gasteiger partial charge in [0.2, 0.25) is 10.9 Å². The Labute approximate surface area is 253 Å². The number of carbonyl (C=O) groups is 3. The van der Waals surface area contributed by atoms with Crippen molar-refractivity contribution in [2.24, 2.45) is 11.3 Å². The monoisotopic (exact) mass is 600 g/mol. The molecule has 0 bridgehead atoms. The molecule has 4 rings (SSSR count). The summed E-state index contributed by atoms with van der Waals surface area (Å²) in [5.41, 5.74) is 3.49. The van der Waals surface area contributed by atoms with Crippen molar-refractivity contribution in [3.05, 3.63) is 35.4 Å². The van der Waals surface area contributed by atoms with E-state index < -0.39 is 0 Å². The van der Waals surface area contributed by atoms with Crippen molar-refractivity contribution in [2.45, 2.75) is 90.0 Å². The van der Waals surface area contributed by atoms with Crippen LogP contribution in [0.5, 0.6) is 5.75 Å². The number of aromatic amines is 1. The standard InChI is InChI=1S/C32H46N4O4S.H2O/c1-31(2,3)16-23-22-11-12-25(37)24(29(22)34-30(23)41-32(4,5)6)20-35-18-21(19-35)17-33-26(38)10-8-7-9-15-36-27(39)13-14-28(36)40;/h11-14,21,34,37H,7-10,15-20H2,1-6H3,(H,33,38);1H2. The molecular formula is C32H48N4O5S. The van der Waals surface area contributed by atoms with Crippen LogP contribution in [0.15, 0.2) is 29.3 Å². The zero-order valence-corrected chi connectivity index (χ0v) is 26.8. The first-order chi connectivity index (χ1) is 19.2. The van der Waals surface area contributed by atoms with Crippen LogP contribution in [0, 0.1) is 11.3 Å². The first-order valence-corrected chi connectivity index (χ1v) is 15.7. The maximum atomic E-state index is 12.3. The van der Waals surface area contributed by atoms with E-state index in [2.05, 4.69) is 62.8 Å². The van der Waals surface area contributed by atoms with E-state index in [9.17, 15) is 19.5 Å². The Morgan fingerprint density at radius 1 is 1.02 bits per heavy atom. The minimum atomic E-state index is -0.252. The number of likely N-dealkylation sites (tertiary alicyclic amines) is 1. The highest BCUT2D eigenvalue weighted by molar-refractivity contribution is 7.80. The van der Waals surface area contributed by atoms with E-state index in [1.54, 1.807) is 0 Å². The molecule has 2 aliphatic heterocycles. The van der Waals surface area contributed by atoms with Crippen LogP contribution in [0.4, 0.5) is 0 Å². The van der Waals surface area contributed by atoms with Gasteiger partial charge in [0.25, 0.3) is 11.8 Å². The number of carbonyl (C=O) groups excluding carboxylic acids is 3. The van der Waals surface area contributed by atoms with Crippen molar-refractivity contribution in [1.82, 2.24) is 20.1 Å². The number of phenolic OH excluding ortho intramolecular Hbond substituents is 1. The first kappa shape index (κ1) is 33.7. The fourth-order valence-corrected chi connectivity index (χ4v) is 6.71. The van der Waals surface area contributed by atoms with E-state index in [-0.39, 0.29) is 33.4 Å². The lowest BCUT2D eigenvalue weighted by Gasteiger charge is -2.39. The predicted molar refractivity (Wildman–Crippen MR) is 168 cm³/mol.